The minimum atomic E-state index is -0.435. The van der Waals surface area contributed by atoms with Gasteiger partial charge in [0, 0.05) is 32.1 Å². The summed E-state index contributed by atoms with van der Waals surface area (Å²) in [5, 5.41) is 11.0. The first-order chi connectivity index (χ1) is 9.58. The number of rotatable bonds is 4. The molecule has 2 heterocycles. The average molecular weight is 270 g/mol. The lowest BCUT2D eigenvalue weighted by atomic mass is 10.1. The molecular weight excluding hydrogens is 256 g/mol. The van der Waals surface area contributed by atoms with Gasteiger partial charge in [-0.2, -0.15) is 0 Å². The van der Waals surface area contributed by atoms with E-state index in [0.29, 0.717) is 11.3 Å². The second-order valence-electron chi connectivity index (χ2n) is 4.41. The van der Waals surface area contributed by atoms with Crippen LogP contribution >= 0.6 is 0 Å². The van der Waals surface area contributed by atoms with Crippen molar-refractivity contribution in [2.24, 2.45) is 0 Å². The fraction of sp³-hybridized carbons (Fsp3) is 0.143. The van der Waals surface area contributed by atoms with Crippen LogP contribution in [0.4, 0.5) is 5.69 Å². The lowest BCUT2D eigenvalue weighted by Gasteiger charge is -2.05. The summed E-state index contributed by atoms with van der Waals surface area (Å²) in [4.78, 5) is 20.5. The van der Waals surface area contributed by atoms with Gasteiger partial charge >= 0.3 is 0 Å². The van der Waals surface area contributed by atoms with E-state index in [0.717, 1.165) is 5.56 Å². The number of pyridine rings is 2. The number of hydrogen-bond donors (Lipinski definition) is 0. The third kappa shape index (κ3) is 3.17. The van der Waals surface area contributed by atoms with Gasteiger partial charge in [0.1, 0.15) is 6.20 Å². The molecule has 0 aliphatic rings. The summed E-state index contributed by atoms with van der Waals surface area (Å²) in [7, 11) is 3.71. The fourth-order valence-electron chi connectivity index (χ4n) is 1.65. The van der Waals surface area contributed by atoms with Crippen LogP contribution in [-0.4, -0.2) is 33.9 Å². The smallest absolute Gasteiger partial charge is 0.294 e. The van der Waals surface area contributed by atoms with Crippen LogP contribution in [0.3, 0.4) is 0 Å². The van der Waals surface area contributed by atoms with E-state index in [4.69, 9.17) is 0 Å². The van der Waals surface area contributed by atoms with Crippen LogP contribution in [0.15, 0.2) is 43.0 Å². The molecule has 20 heavy (non-hydrogen) atoms. The van der Waals surface area contributed by atoms with E-state index >= 15 is 0 Å². The van der Waals surface area contributed by atoms with Crippen molar-refractivity contribution in [3.8, 4) is 11.3 Å². The Bertz CT molecular complexity index is 639. The Morgan fingerprint density at radius 2 is 2.15 bits per heavy atom. The average Bonchev–Trinajstić information content (AvgIpc) is 2.45. The summed E-state index contributed by atoms with van der Waals surface area (Å²) in [5.41, 5.74) is 1.97. The normalized spacial score (nSPS) is 10.7. The molecule has 0 spiro atoms. The summed E-state index contributed by atoms with van der Waals surface area (Å²) < 4.78 is 0. The Morgan fingerprint density at radius 3 is 2.75 bits per heavy atom. The van der Waals surface area contributed by atoms with Crippen LogP contribution in [0, 0.1) is 10.1 Å². The molecule has 0 atom stereocenters. The summed E-state index contributed by atoms with van der Waals surface area (Å²) in [6, 6.07) is 5.35. The van der Waals surface area contributed by atoms with Crippen molar-refractivity contribution in [1.82, 2.24) is 14.9 Å². The summed E-state index contributed by atoms with van der Waals surface area (Å²) in [5.74, 6) is 0. The topological polar surface area (TPSA) is 72.2 Å². The highest BCUT2D eigenvalue weighted by Gasteiger charge is 2.14. The molecule has 0 bridgehead atoms. The maximum Gasteiger partial charge on any atom is 0.294 e. The van der Waals surface area contributed by atoms with E-state index < -0.39 is 4.92 Å². The minimum Gasteiger partial charge on any atom is -0.383 e. The fourth-order valence-corrected chi connectivity index (χ4v) is 1.65. The Hall–Kier alpha value is -2.76. The summed E-state index contributed by atoms with van der Waals surface area (Å²) in [6.07, 6.45) is 8.07. The van der Waals surface area contributed by atoms with Crippen molar-refractivity contribution in [3.05, 3.63) is 58.7 Å². The van der Waals surface area contributed by atoms with Gasteiger partial charge in [0.15, 0.2) is 0 Å². The molecule has 0 fully saturated rings. The zero-order valence-corrected chi connectivity index (χ0v) is 11.2. The lowest BCUT2D eigenvalue weighted by Crippen LogP contribution is -2.00. The summed E-state index contributed by atoms with van der Waals surface area (Å²) >= 11 is 0. The van der Waals surface area contributed by atoms with Crippen molar-refractivity contribution in [2.75, 3.05) is 14.1 Å². The van der Waals surface area contributed by atoms with Gasteiger partial charge in [-0.15, -0.1) is 0 Å². The largest absolute Gasteiger partial charge is 0.383 e. The molecule has 2 rings (SSSR count). The Morgan fingerprint density at radius 1 is 1.35 bits per heavy atom. The first-order valence-corrected chi connectivity index (χ1v) is 5.97. The zero-order valence-electron chi connectivity index (χ0n) is 11.2. The van der Waals surface area contributed by atoms with Gasteiger partial charge in [-0.1, -0.05) is 0 Å². The monoisotopic (exact) mass is 270 g/mol. The van der Waals surface area contributed by atoms with Crippen molar-refractivity contribution < 1.29 is 4.92 Å². The quantitative estimate of drug-likeness (QED) is 0.630. The highest BCUT2D eigenvalue weighted by Crippen LogP contribution is 2.24. The van der Waals surface area contributed by atoms with E-state index in [9.17, 15) is 10.1 Å². The van der Waals surface area contributed by atoms with Crippen LogP contribution in [0.1, 0.15) is 5.56 Å². The van der Waals surface area contributed by atoms with Crippen LogP contribution in [0.5, 0.6) is 0 Å². The molecule has 6 heteroatoms. The molecule has 0 saturated heterocycles. The van der Waals surface area contributed by atoms with Crippen molar-refractivity contribution in [2.45, 2.75) is 0 Å². The number of aromatic nitrogens is 2. The number of hydrogen-bond acceptors (Lipinski definition) is 5. The van der Waals surface area contributed by atoms with E-state index in [2.05, 4.69) is 9.97 Å². The Kier molecular flexibility index (Phi) is 4.05. The predicted molar refractivity (Wildman–Crippen MR) is 76.8 cm³/mol. The lowest BCUT2D eigenvalue weighted by molar-refractivity contribution is -0.385. The van der Waals surface area contributed by atoms with Gasteiger partial charge in [0.25, 0.3) is 5.69 Å². The van der Waals surface area contributed by atoms with Crippen molar-refractivity contribution in [3.63, 3.8) is 0 Å². The molecule has 0 saturated carbocycles. The molecule has 0 unspecified atom stereocenters. The molecule has 0 radical (unpaired) electrons. The second-order valence-corrected chi connectivity index (χ2v) is 4.41. The van der Waals surface area contributed by atoms with Gasteiger partial charge in [-0.05, 0) is 30.5 Å². The van der Waals surface area contributed by atoms with E-state index in [1.54, 1.807) is 36.8 Å². The van der Waals surface area contributed by atoms with Crippen molar-refractivity contribution >= 4 is 11.8 Å². The van der Waals surface area contributed by atoms with E-state index in [1.807, 2.05) is 25.1 Å². The number of nitro groups is 1. The molecule has 2 aromatic rings. The van der Waals surface area contributed by atoms with Gasteiger partial charge in [0.2, 0.25) is 0 Å². The van der Waals surface area contributed by atoms with Gasteiger partial charge in [-0.3, -0.25) is 15.1 Å². The highest BCUT2D eigenvalue weighted by atomic mass is 16.6. The first-order valence-electron chi connectivity index (χ1n) is 5.97. The maximum absolute atomic E-state index is 11.0. The Labute approximate surface area is 116 Å². The standard InChI is InChI=1S/C14H14N4O2/c1-17(2)7-5-11-8-13(12-4-3-6-15-9-12)16-10-14(11)18(19)20/h3-10H,1-2H3/b7-5+. The van der Waals surface area contributed by atoms with Crippen LogP contribution < -0.4 is 0 Å². The molecule has 2 aromatic heterocycles. The first kappa shape index (κ1) is 13.7. The third-order valence-corrected chi connectivity index (χ3v) is 2.62. The zero-order chi connectivity index (χ0) is 14.5. The van der Waals surface area contributed by atoms with Crippen LogP contribution in [0.25, 0.3) is 17.3 Å². The predicted octanol–water partition coefficient (Wildman–Crippen LogP) is 2.58. The summed E-state index contributed by atoms with van der Waals surface area (Å²) in [6.45, 7) is 0. The minimum absolute atomic E-state index is 0.0178. The van der Waals surface area contributed by atoms with Crippen LogP contribution in [0.2, 0.25) is 0 Å². The highest BCUT2D eigenvalue weighted by molar-refractivity contribution is 5.68. The molecule has 0 aromatic carbocycles. The van der Waals surface area contributed by atoms with Gasteiger partial charge in [-0.25, -0.2) is 4.98 Å². The molecular formula is C14H14N4O2. The molecule has 6 nitrogen and oxygen atoms in total. The molecule has 0 aliphatic carbocycles. The van der Waals surface area contributed by atoms with E-state index in [1.165, 1.54) is 6.20 Å². The van der Waals surface area contributed by atoms with Gasteiger partial charge in [0.05, 0.1) is 16.2 Å². The maximum atomic E-state index is 11.0. The molecule has 102 valence electrons. The third-order valence-electron chi connectivity index (χ3n) is 2.62. The van der Waals surface area contributed by atoms with E-state index in [-0.39, 0.29) is 5.69 Å². The molecule has 0 amide bonds. The second kappa shape index (κ2) is 5.92. The molecule has 0 N–H and O–H groups in total. The van der Waals surface area contributed by atoms with Crippen molar-refractivity contribution in [1.29, 1.82) is 0 Å². The van der Waals surface area contributed by atoms with Gasteiger partial charge < -0.3 is 4.90 Å². The molecule has 0 aliphatic heterocycles. The van der Waals surface area contributed by atoms with Crippen LogP contribution in [-0.2, 0) is 0 Å². The Balaban J connectivity index is 2.48. The number of nitrogens with zero attached hydrogens (tertiary/aromatic N) is 4. The SMILES string of the molecule is CN(C)/C=C/c1cc(-c2cccnc2)ncc1[N+](=O)[O-].